The Balaban J connectivity index is 1.36. The molecule has 1 spiro atoms. The van der Waals surface area contributed by atoms with Crippen LogP contribution in [-0.4, -0.2) is 17.5 Å². The largest absolute Gasteiger partial charge is 0.456 e. The van der Waals surface area contributed by atoms with Crippen molar-refractivity contribution in [2.45, 2.75) is 32.3 Å². The number of hydrogen-bond acceptors (Lipinski definition) is 6. The summed E-state index contributed by atoms with van der Waals surface area (Å²) in [6, 6.07) is 34.1. The van der Waals surface area contributed by atoms with E-state index in [4.69, 9.17) is 9.47 Å². The zero-order valence-corrected chi connectivity index (χ0v) is 23.6. The molecule has 6 heteroatoms. The molecule has 1 atom stereocenters. The Morgan fingerprint density at radius 2 is 1.62 bits per heavy atom. The number of para-hydroxylation sites is 1. The number of aryl methyl sites for hydroxylation is 2. The van der Waals surface area contributed by atoms with Gasteiger partial charge in [0.2, 0.25) is 0 Å². The second kappa shape index (κ2) is 10.5. The smallest absolute Gasteiger partial charge is 0.340 e. The molecule has 6 nitrogen and oxygen atoms in total. The summed E-state index contributed by atoms with van der Waals surface area (Å²) in [6.07, 6.45) is 3.55. The molecule has 2 aliphatic heterocycles. The van der Waals surface area contributed by atoms with E-state index in [0.29, 0.717) is 23.6 Å². The molecular weight excluding hydrogens is 522 g/mol. The maximum absolute atomic E-state index is 13.3. The molecule has 3 heterocycles. The molecule has 1 aromatic heterocycles. The van der Waals surface area contributed by atoms with Crippen LogP contribution in [0, 0.1) is 6.92 Å². The Hall–Kier alpha value is -4.94. The lowest BCUT2D eigenvalue weighted by atomic mass is 9.77. The van der Waals surface area contributed by atoms with Crippen LogP contribution in [0.15, 0.2) is 109 Å². The molecule has 42 heavy (non-hydrogen) atoms. The third kappa shape index (κ3) is 4.23. The van der Waals surface area contributed by atoms with Gasteiger partial charge in [-0.25, -0.2) is 10.2 Å². The normalized spacial score (nSPS) is 16.3. The summed E-state index contributed by atoms with van der Waals surface area (Å²) < 4.78 is 12.8. The predicted molar refractivity (Wildman–Crippen MR) is 163 cm³/mol. The average Bonchev–Trinajstić information content (AvgIpc) is 3.33. The van der Waals surface area contributed by atoms with Crippen molar-refractivity contribution in [1.29, 1.82) is 0 Å². The molecule has 0 bridgehead atoms. The SMILES string of the molecule is CCc1ccc(N(NCCc2ccccn2)c2ccc3c(c2)C2(OC(=O)c4ccccc42)c2ccccc2O3)c(C)c1. The quantitative estimate of drug-likeness (QED) is 0.167. The van der Waals surface area contributed by atoms with Crippen LogP contribution >= 0.6 is 0 Å². The van der Waals surface area contributed by atoms with E-state index in [1.54, 1.807) is 0 Å². The van der Waals surface area contributed by atoms with Crippen LogP contribution in [-0.2, 0) is 23.2 Å². The second-order valence-electron chi connectivity index (χ2n) is 10.7. The number of hydrogen-bond donors (Lipinski definition) is 1. The summed E-state index contributed by atoms with van der Waals surface area (Å²) in [6.45, 7) is 4.97. The summed E-state index contributed by atoms with van der Waals surface area (Å²) in [5.74, 6) is 1.00. The first-order valence-corrected chi connectivity index (χ1v) is 14.4. The standard InChI is InChI=1S/C36H31N3O3/c1-3-25-15-17-32(24(2)22-25)39(38-21-19-26-10-8-9-20-37-26)27-16-18-34-31(23-27)36(30-13-6-7-14-33(30)41-34)29-12-5-4-11-28(29)35(40)42-36/h4-18,20,22-23,38H,3,19,21H2,1-2H3. The lowest BCUT2D eigenvalue weighted by molar-refractivity contribution is 0.0224. The van der Waals surface area contributed by atoms with Gasteiger partial charge in [0.25, 0.3) is 0 Å². The summed E-state index contributed by atoms with van der Waals surface area (Å²) in [5, 5.41) is 2.12. The molecule has 1 N–H and O–H groups in total. The Morgan fingerprint density at radius 1 is 0.833 bits per heavy atom. The van der Waals surface area contributed by atoms with Crippen molar-refractivity contribution in [3.63, 3.8) is 0 Å². The summed E-state index contributed by atoms with van der Waals surface area (Å²) in [4.78, 5) is 17.8. The number of rotatable bonds is 7. The van der Waals surface area contributed by atoms with Crippen LogP contribution in [0.25, 0.3) is 0 Å². The first-order chi connectivity index (χ1) is 20.6. The number of aromatic nitrogens is 1. The van der Waals surface area contributed by atoms with E-state index in [9.17, 15) is 4.79 Å². The minimum Gasteiger partial charge on any atom is -0.456 e. The number of benzene rings is 4. The van der Waals surface area contributed by atoms with Crippen LogP contribution < -0.4 is 15.2 Å². The van der Waals surface area contributed by atoms with Crippen molar-refractivity contribution >= 4 is 17.3 Å². The Kier molecular flexibility index (Phi) is 6.48. The fourth-order valence-corrected chi connectivity index (χ4v) is 6.09. The maximum atomic E-state index is 13.3. The van der Waals surface area contributed by atoms with Crippen molar-refractivity contribution in [2.24, 2.45) is 0 Å². The number of anilines is 2. The molecule has 0 aliphatic carbocycles. The number of hydrazine groups is 1. The van der Waals surface area contributed by atoms with Crippen LogP contribution in [0.1, 0.15) is 50.8 Å². The highest BCUT2D eigenvalue weighted by atomic mass is 16.6. The molecule has 1 unspecified atom stereocenters. The highest BCUT2D eigenvalue weighted by Crippen LogP contribution is 2.56. The number of pyridine rings is 1. The van der Waals surface area contributed by atoms with Crippen LogP contribution in [0.5, 0.6) is 11.5 Å². The minimum absolute atomic E-state index is 0.338. The van der Waals surface area contributed by atoms with Crippen LogP contribution in [0.4, 0.5) is 11.4 Å². The van der Waals surface area contributed by atoms with Crippen LogP contribution in [0.2, 0.25) is 0 Å². The van der Waals surface area contributed by atoms with E-state index in [2.05, 4.69) is 53.5 Å². The molecule has 2 aliphatic rings. The fourth-order valence-electron chi connectivity index (χ4n) is 6.09. The number of fused-ring (bicyclic) bond motifs is 6. The van der Waals surface area contributed by atoms with Crippen molar-refractivity contribution < 1.29 is 14.3 Å². The molecule has 0 saturated heterocycles. The van der Waals surface area contributed by atoms with Gasteiger partial charge in [0.1, 0.15) is 11.5 Å². The molecular formula is C36H31N3O3. The van der Waals surface area contributed by atoms with Gasteiger partial charge in [0.05, 0.1) is 16.9 Å². The van der Waals surface area contributed by atoms with Crippen LogP contribution in [0.3, 0.4) is 0 Å². The topological polar surface area (TPSA) is 63.7 Å². The third-order valence-electron chi connectivity index (χ3n) is 8.15. The van der Waals surface area contributed by atoms with Crippen molar-refractivity contribution in [1.82, 2.24) is 10.4 Å². The average molecular weight is 554 g/mol. The first kappa shape index (κ1) is 26.0. The molecule has 0 radical (unpaired) electrons. The summed E-state index contributed by atoms with van der Waals surface area (Å²) >= 11 is 0. The van der Waals surface area contributed by atoms with Crippen molar-refractivity contribution in [2.75, 3.05) is 11.6 Å². The molecule has 5 aromatic rings. The van der Waals surface area contributed by atoms with Gasteiger partial charge in [0, 0.05) is 41.5 Å². The van der Waals surface area contributed by atoms with Gasteiger partial charge < -0.3 is 9.47 Å². The third-order valence-corrected chi connectivity index (χ3v) is 8.15. The number of carbonyl (C=O) groups is 1. The van der Waals surface area contributed by atoms with E-state index >= 15 is 0 Å². The lowest BCUT2D eigenvalue weighted by Gasteiger charge is -2.37. The predicted octanol–water partition coefficient (Wildman–Crippen LogP) is 7.41. The van der Waals surface area contributed by atoms with Gasteiger partial charge >= 0.3 is 5.97 Å². The van der Waals surface area contributed by atoms with Crippen molar-refractivity contribution in [3.05, 3.63) is 148 Å². The Morgan fingerprint density at radius 3 is 2.43 bits per heavy atom. The van der Waals surface area contributed by atoms with Gasteiger partial charge in [-0.2, -0.15) is 0 Å². The van der Waals surface area contributed by atoms with E-state index in [1.807, 2.05) is 85.1 Å². The number of nitrogens with one attached hydrogen (secondary N) is 1. The zero-order chi connectivity index (χ0) is 28.7. The zero-order valence-electron chi connectivity index (χ0n) is 23.6. The maximum Gasteiger partial charge on any atom is 0.340 e. The molecule has 4 aromatic carbocycles. The number of nitrogens with zero attached hydrogens (tertiary/aromatic N) is 2. The number of carbonyl (C=O) groups excluding carboxylic acids is 1. The van der Waals surface area contributed by atoms with Gasteiger partial charge in [-0.3, -0.25) is 9.99 Å². The fraction of sp³-hybridized carbons (Fsp3) is 0.167. The Bertz CT molecular complexity index is 1800. The van der Waals surface area contributed by atoms with Gasteiger partial charge in [0.15, 0.2) is 5.60 Å². The summed E-state index contributed by atoms with van der Waals surface area (Å²) in [5.41, 5.74) is 10.9. The second-order valence-corrected chi connectivity index (χ2v) is 10.7. The van der Waals surface area contributed by atoms with Crippen molar-refractivity contribution in [3.8, 4) is 11.5 Å². The number of ether oxygens (including phenoxy) is 2. The molecule has 208 valence electrons. The highest BCUT2D eigenvalue weighted by molar-refractivity contribution is 5.97. The molecule has 7 rings (SSSR count). The van der Waals surface area contributed by atoms with Gasteiger partial charge in [-0.1, -0.05) is 61.5 Å². The first-order valence-electron chi connectivity index (χ1n) is 14.4. The molecule has 0 fully saturated rings. The summed E-state index contributed by atoms with van der Waals surface area (Å²) in [7, 11) is 0. The van der Waals surface area contributed by atoms with Gasteiger partial charge in [-0.05, 0) is 73.0 Å². The molecule has 0 amide bonds. The minimum atomic E-state index is -1.12. The lowest BCUT2D eigenvalue weighted by Crippen LogP contribution is -2.37. The van der Waals surface area contributed by atoms with E-state index in [0.717, 1.165) is 52.2 Å². The number of esters is 1. The Labute approximate surface area is 245 Å². The van der Waals surface area contributed by atoms with Gasteiger partial charge in [-0.15, -0.1) is 0 Å². The van der Waals surface area contributed by atoms with E-state index in [-0.39, 0.29) is 5.97 Å². The molecule has 0 saturated carbocycles. The van der Waals surface area contributed by atoms with E-state index < -0.39 is 5.60 Å². The monoisotopic (exact) mass is 553 g/mol. The highest BCUT2D eigenvalue weighted by Gasteiger charge is 2.53. The van der Waals surface area contributed by atoms with E-state index in [1.165, 1.54) is 5.56 Å².